The van der Waals surface area contributed by atoms with E-state index in [1.54, 1.807) is 38.7 Å². The first kappa shape index (κ1) is 18.4. The summed E-state index contributed by atoms with van der Waals surface area (Å²) in [5.74, 6) is 2.46. The topological polar surface area (TPSA) is 57.2 Å². The minimum Gasteiger partial charge on any atom is -0.493 e. The van der Waals surface area contributed by atoms with E-state index in [9.17, 15) is 5.11 Å². The monoisotopic (exact) mass is 396 g/mol. The average Bonchev–Trinajstić information content (AvgIpc) is 3.22. The molecule has 1 aliphatic heterocycles. The van der Waals surface area contributed by atoms with E-state index in [1.165, 1.54) is 0 Å². The average molecular weight is 396 g/mol. The molecule has 0 spiro atoms. The van der Waals surface area contributed by atoms with Crippen molar-refractivity contribution in [1.82, 2.24) is 0 Å². The van der Waals surface area contributed by atoms with E-state index in [0.717, 1.165) is 26.5 Å². The van der Waals surface area contributed by atoms with Crippen molar-refractivity contribution in [2.75, 3.05) is 21.3 Å². The van der Waals surface area contributed by atoms with Crippen LogP contribution in [0, 0.1) is 0 Å². The number of benzene rings is 2. The summed E-state index contributed by atoms with van der Waals surface area (Å²) >= 11 is 1.62. The van der Waals surface area contributed by atoms with Gasteiger partial charge in [-0.25, -0.2) is 0 Å². The molecule has 0 fully saturated rings. The maximum atomic E-state index is 10.1. The Labute approximate surface area is 167 Å². The summed E-state index contributed by atoms with van der Waals surface area (Å²) in [6.45, 7) is 0. The predicted molar refractivity (Wildman–Crippen MR) is 110 cm³/mol. The minimum absolute atomic E-state index is 0.565. The number of thiophene rings is 1. The summed E-state index contributed by atoms with van der Waals surface area (Å²) in [6.07, 6.45) is 0.768. The fraction of sp³-hybridized carbons (Fsp3) is 0.182. The van der Waals surface area contributed by atoms with Crippen molar-refractivity contribution < 1.29 is 24.1 Å². The van der Waals surface area contributed by atoms with E-state index in [2.05, 4.69) is 0 Å². The number of aliphatic hydroxyl groups excluding tert-OH is 1. The molecule has 0 bridgehead atoms. The highest BCUT2D eigenvalue weighted by molar-refractivity contribution is 7.16. The van der Waals surface area contributed by atoms with Gasteiger partial charge in [-0.1, -0.05) is 18.2 Å². The molecule has 2 heterocycles. The Bertz CT molecular complexity index is 1010. The molecule has 1 aliphatic rings. The smallest absolute Gasteiger partial charge is 0.218 e. The van der Waals surface area contributed by atoms with Gasteiger partial charge in [0, 0.05) is 20.9 Å². The lowest BCUT2D eigenvalue weighted by molar-refractivity contribution is 0.0226. The summed E-state index contributed by atoms with van der Waals surface area (Å²) < 4.78 is 21.8. The van der Waals surface area contributed by atoms with Crippen molar-refractivity contribution in [3.63, 3.8) is 0 Å². The number of ether oxygens (including phenoxy) is 4. The summed E-state index contributed by atoms with van der Waals surface area (Å²) in [6, 6.07) is 15.7. The summed E-state index contributed by atoms with van der Waals surface area (Å²) in [7, 11) is 4.79. The van der Waals surface area contributed by atoms with Crippen LogP contribution in [0.5, 0.6) is 23.0 Å². The lowest BCUT2D eigenvalue weighted by atomic mass is 10.0. The molecule has 144 valence electrons. The van der Waals surface area contributed by atoms with Gasteiger partial charge in [-0.05, 0) is 42.0 Å². The molecule has 0 aliphatic carbocycles. The van der Waals surface area contributed by atoms with Crippen LogP contribution in [0.1, 0.15) is 10.4 Å². The van der Waals surface area contributed by atoms with Gasteiger partial charge in [-0.3, -0.25) is 0 Å². The molecule has 1 atom stereocenters. The van der Waals surface area contributed by atoms with Crippen LogP contribution in [0.15, 0.2) is 54.6 Å². The molecule has 5 nitrogen and oxygen atoms in total. The summed E-state index contributed by atoms with van der Waals surface area (Å²) in [4.78, 5) is 2.09. The Balaban J connectivity index is 1.77. The Hall–Kier alpha value is -2.96. The van der Waals surface area contributed by atoms with Crippen LogP contribution in [-0.4, -0.2) is 32.7 Å². The Morgan fingerprint density at radius 3 is 2.25 bits per heavy atom. The fourth-order valence-electron chi connectivity index (χ4n) is 3.26. The second-order valence-electron chi connectivity index (χ2n) is 6.16. The van der Waals surface area contributed by atoms with Crippen LogP contribution in [0.25, 0.3) is 16.0 Å². The highest BCUT2D eigenvalue weighted by Crippen LogP contribution is 2.44. The van der Waals surface area contributed by atoms with Gasteiger partial charge in [-0.2, -0.15) is 0 Å². The van der Waals surface area contributed by atoms with Gasteiger partial charge in [0.05, 0.1) is 21.3 Å². The number of methoxy groups -OCH3 is 3. The number of rotatable bonds is 5. The van der Waals surface area contributed by atoms with Crippen LogP contribution < -0.4 is 18.9 Å². The minimum atomic E-state index is -0.961. The van der Waals surface area contributed by atoms with Crippen molar-refractivity contribution in [3.8, 4) is 33.4 Å². The lowest BCUT2D eigenvalue weighted by Gasteiger charge is -2.21. The van der Waals surface area contributed by atoms with Gasteiger partial charge in [0.2, 0.25) is 12.0 Å². The van der Waals surface area contributed by atoms with E-state index in [1.807, 2.05) is 48.5 Å². The molecular formula is C22H20O5S. The molecule has 4 rings (SSSR count). The van der Waals surface area contributed by atoms with Gasteiger partial charge in [-0.15, -0.1) is 11.3 Å². The van der Waals surface area contributed by atoms with Crippen molar-refractivity contribution in [3.05, 3.63) is 65.0 Å². The molecule has 1 aromatic heterocycles. The first-order valence-electron chi connectivity index (χ1n) is 8.71. The van der Waals surface area contributed by atoms with E-state index in [-0.39, 0.29) is 0 Å². The predicted octanol–water partition coefficient (Wildman–Crippen LogP) is 4.58. The number of aliphatic hydroxyl groups is 1. The van der Waals surface area contributed by atoms with Crippen LogP contribution in [0.3, 0.4) is 0 Å². The Kier molecular flexibility index (Phi) is 4.98. The van der Waals surface area contributed by atoms with E-state index in [0.29, 0.717) is 23.0 Å². The molecule has 28 heavy (non-hydrogen) atoms. The zero-order chi connectivity index (χ0) is 19.7. The van der Waals surface area contributed by atoms with Gasteiger partial charge >= 0.3 is 0 Å². The van der Waals surface area contributed by atoms with E-state index in [4.69, 9.17) is 18.9 Å². The maximum absolute atomic E-state index is 10.1. The van der Waals surface area contributed by atoms with E-state index < -0.39 is 6.29 Å². The van der Waals surface area contributed by atoms with Crippen LogP contribution in [0.2, 0.25) is 0 Å². The zero-order valence-electron chi connectivity index (χ0n) is 15.8. The van der Waals surface area contributed by atoms with Gasteiger partial charge in [0.25, 0.3) is 0 Å². The number of hydrogen-bond donors (Lipinski definition) is 1. The molecule has 1 N–H and O–H groups in total. The van der Waals surface area contributed by atoms with Gasteiger partial charge < -0.3 is 24.1 Å². The molecule has 2 aromatic carbocycles. The molecule has 0 radical (unpaired) electrons. The molecular weight excluding hydrogens is 376 g/mol. The SMILES string of the molecule is COc1cc(-c2ccc(C3=CC(O)Oc4ccccc43)s2)cc(OC)c1OC. The third kappa shape index (κ3) is 3.21. The third-order valence-electron chi connectivity index (χ3n) is 4.55. The van der Waals surface area contributed by atoms with Crippen molar-refractivity contribution in [1.29, 1.82) is 0 Å². The summed E-state index contributed by atoms with van der Waals surface area (Å²) in [5.41, 5.74) is 2.89. The van der Waals surface area contributed by atoms with Crippen molar-refractivity contribution in [2.24, 2.45) is 0 Å². The van der Waals surface area contributed by atoms with Crippen molar-refractivity contribution in [2.45, 2.75) is 6.29 Å². The molecule has 0 amide bonds. The number of para-hydroxylation sites is 1. The molecule has 1 unspecified atom stereocenters. The first-order valence-corrected chi connectivity index (χ1v) is 9.52. The standard InChI is InChI=1S/C22H20O5S/c1-24-17-10-13(11-18(25-2)22(17)26-3)19-8-9-20(28-19)15-12-21(23)27-16-7-5-4-6-14(15)16/h4-12,21,23H,1-3H3. The summed E-state index contributed by atoms with van der Waals surface area (Å²) in [5, 5.41) is 10.1. The van der Waals surface area contributed by atoms with Crippen LogP contribution >= 0.6 is 11.3 Å². The van der Waals surface area contributed by atoms with Crippen LogP contribution in [-0.2, 0) is 0 Å². The molecule has 3 aromatic rings. The number of fused-ring (bicyclic) bond motifs is 1. The normalized spacial score (nSPS) is 15.3. The largest absolute Gasteiger partial charge is 0.493 e. The maximum Gasteiger partial charge on any atom is 0.218 e. The second-order valence-corrected chi connectivity index (χ2v) is 7.25. The first-order chi connectivity index (χ1) is 13.6. The van der Waals surface area contributed by atoms with Crippen molar-refractivity contribution >= 4 is 16.9 Å². The lowest BCUT2D eigenvalue weighted by Crippen LogP contribution is -2.17. The number of hydrogen-bond acceptors (Lipinski definition) is 6. The second kappa shape index (κ2) is 7.58. The molecule has 0 saturated carbocycles. The highest BCUT2D eigenvalue weighted by atomic mass is 32.1. The molecule has 6 heteroatoms. The highest BCUT2D eigenvalue weighted by Gasteiger charge is 2.22. The van der Waals surface area contributed by atoms with Crippen LogP contribution in [0.4, 0.5) is 0 Å². The van der Waals surface area contributed by atoms with Gasteiger partial charge in [0.15, 0.2) is 11.5 Å². The third-order valence-corrected chi connectivity index (χ3v) is 5.72. The Morgan fingerprint density at radius 1 is 0.893 bits per heavy atom. The van der Waals surface area contributed by atoms with E-state index >= 15 is 0 Å². The quantitative estimate of drug-likeness (QED) is 0.684. The Morgan fingerprint density at radius 2 is 1.57 bits per heavy atom. The fourth-order valence-corrected chi connectivity index (χ4v) is 4.30. The molecule has 0 saturated heterocycles. The van der Waals surface area contributed by atoms with Gasteiger partial charge in [0.1, 0.15) is 5.75 Å². The zero-order valence-corrected chi connectivity index (χ0v) is 16.6.